The number of hydrogen-bond donors (Lipinski definition) is 1. The van der Waals surface area contributed by atoms with Crippen LogP contribution in [0.4, 0.5) is 0 Å². The summed E-state index contributed by atoms with van der Waals surface area (Å²) in [6.45, 7) is 5.36. The summed E-state index contributed by atoms with van der Waals surface area (Å²) in [5.74, 6) is 0. The lowest BCUT2D eigenvalue weighted by molar-refractivity contribution is 0.0383. The van der Waals surface area contributed by atoms with Crippen LogP contribution in [0.1, 0.15) is 37.3 Å². The third kappa shape index (κ3) is 3.76. The average molecular weight is 338 g/mol. The number of nitrogens with zero attached hydrogens (tertiary/aromatic N) is 4. The lowest BCUT2D eigenvalue weighted by Gasteiger charge is -2.40. The molecule has 2 aromatic rings. The molecule has 132 valence electrons. The van der Waals surface area contributed by atoms with Crippen LogP contribution in [0.5, 0.6) is 0 Å². The molecule has 1 N–H and O–H groups in total. The second-order valence-electron chi connectivity index (χ2n) is 7.15. The SMILES string of the molecule is CCC1(CO)CCN(Cc2cn(C)nc2-c2ccc(C#N)cc2)CC1. The molecule has 1 aliphatic heterocycles. The van der Waals surface area contributed by atoms with Gasteiger partial charge in [0.1, 0.15) is 0 Å². The molecule has 5 heteroatoms. The van der Waals surface area contributed by atoms with Crippen LogP contribution < -0.4 is 0 Å². The maximum Gasteiger partial charge on any atom is 0.0991 e. The van der Waals surface area contributed by atoms with Crippen LogP contribution in [0.3, 0.4) is 0 Å². The quantitative estimate of drug-likeness (QED) is 0.910. The molecule has 3 rings (SSSR count). The highest BCUT2D eigenvalue weighted by Crippen LogP contribution is 2.35. The number of rotatable bonds is 5. The molecule has 0 saturated carbocycles. The van der Waals surface area contributed by atoms with E-state index in [9.17, 15) is 5.11 Å². The van der Waals surface area contributed by atoms with Gasteiger partial charge in [-0.1, -0.05) is 19.1 Å². The van der Waals surface area contributed by atoms with Gasteiger partial charge in [0.2, 0.25) is 0 Å². The zero-order valence-electron chi connectivity index (χ0n) is 15.1. The number of benzene rings is 1. The topological polar surface area (TPSA) is 65.1 Å². The van der Waals surface area contributed by atoms with Gasteiger partial charge in [-0.25, -0.2) is 0 Å². The first-order valence-corrected chi connectivity index (χ1v) is 8.95. The number of aliphatic hydroxyl groups excluding tert-OH is 1. The fraction of sp³-hybridized carbons (Fsp3) is 0.500. The Morgan fingerprint density at radius 3 is 2.48 bits per heavy atom. The Morgan fingerprint density at radius 2 is 1.92 bits per heavy atom. The number of nitriles is 1. The minimum Gasteiger partial charge on any atom is -0.396 e. The molecule has 1 aliphatic rings. The van der Waals surface area contributed by atoms with Gasteiger partial charge in [0.15, 0.2) is 0 Å². The predicted molar refractivity (Wildman–Crippen MR) is 97.7 cm³/mol. The zero-order valence-corrected chi connectivity index (χ0v) is 15.1. The van der Waals surface area contributed by atoms with E-state index in [2.05, 4.69) is 29.2 Å². The Hall–Kier alpha value is -2.16. The first-order valence-electron chi connectivity index (χ1n) is 8.95. The Balaban J connectivity index is 1.75. The molecule has 0 radical (unpaired) electrons. The second-order valence-corrected chi connectivity index (χ2v) is 7.15. The van der Waals surface area contributed by atoms with Crippen LogP contribution in [0.15, 0.2) is 30.5 Å². The molecule has 0 aliphatic carbocycles. The van der Waals surface area contributed by atoms with E-state index >= 15 is 0 Å². The zero-order chi connectivity index (χ0) is 17.9. The van der Waals surface area contributed by atoms with E-state index in [0.717, 1.165) is 50.2 Å². The second kappa shape index (κ2) is 7.38. The molecule has 1 aromatic carbocycles. The number of hydrogen-bond acceptors (Lipinski definition) is 4. The molecule has 25 heavy (non-hydrogen) atoms. The van der Waals surface area contributed by atoms with Crippen LogP contribution >= 0.6 is 0 Å². The summed E-state index contributed by atoms with van der Waals surface area (Å²) < 4.78 is 1.86. The maximum absolute atomic E-state index is 9.70. The lowest BCUT2D eigenvalue weighted by Crippen LogP contribution is -2.41. The minimum absolute atomic E-state index is 0.112. The van der Waals surface area contributed by atoms with Crippen LogP contribution in [-0.4, -0.2) is 39.5 Å². The van der Waals surface area contributed by atoms with Crippen molar-refractivity contribution in [3.8, 4) is 17.3 Å². The summed E-state index contributed by atoms with van der Waals surface area (Å²) in [5.41, 5.74) is 4.02. The van der Waals surface area contributed by atoms with Gasteiger partial charge in [-0.05, 0) is 49.9 Å². The van der Waals surface area contributed by atoms with Gasteiger partial charge in [-0.3, -0.25) is 9.58 Å². The van der Waals surface area contributed by atoms with E-state index in [4.69, 9.17) is 5.26 Å². The smallest absolute Gasteiger partial charge is 0.0991 e. The maximum atomic E-state index is 9.70. The van der Waals surface area contributed by atoms with Crippen LogP contribution in [0.2, 0.25) is 0 Å². The van der Waals surface area contributed by atoms with Gasteiger partial charge in [0.25, 0.3) is 0 Å². The fourth-order valence-electron chi connectivity index (χ4n) is 3.65. The number of piperidine rings is 1. The highest BCUT2D eigenvalue weighted by Gasteiger charge is 2.32. The van der Waals surface area contributed by atoms with Crippen LogP contribution in [0, 0.1) is 16.7 Å². The molecule has 0 spiro atoms. The van der Waals surface area contributed by atoms with Gasteiger partial charge in [-0.15, -0.1) is 0 Å². The molecule has 0 unspecified atom stereocenters. The molecule has 1 fully saturated rings. The first-order chi connectivity index (χ1) is 12.1. The van der Waals surface area contributed by atoms with E-state index < -0.39 is 0 Å². The highest BCUT2D eigenvalue weighted by atomic mass is 16.3. The van der Waals surface area contributed by atoms with Crippen molar-refractivity contribution < 1.29 is 5.11 Å². The van der Waals surface area contributed by atoms with E-state index in [-0.39, 0.29) is 5.41 Å². The Labute approximate surface area is 149 Å². The molecule has 1 aromatic heterocycles. The van der Waals surface area contributed by atoms with Crippen molar-refractivity contribution in [2.75, 3.05) is 19.7 Å². The largest absolute Gasteiger partial charge is 0.396 e. The number of aryl methyl sites for hydroxylation is 1. The van der Waals surface area contributed by atoms with Crippen molar-refractivity contribution in [2.24, 2.45) is 12.5 Å². The van der Waals surface area contributed by atoms with Gasteiger partial charge in [-0.2, -0.15) is 10.4 Å². The Kier molecular flexibility index (Phi) is 5.22. The van der Waals surface area contributed by atoms with E-state index in [0.29, 0.717) is 12.2 Å². The molecule has 2 heterocycles. The summed E-state index contributed by atoms with van der Waals surface area (Å²) in [4.78, 5) is 2.45. The van der Waals surface area contributed by atoms with Crippen molar-refractivity contribution in [3.05, 3.63) is 41.6 Å². The van der Waals surface area contributed by atoms with Crippen molar-refractivity contribution in [1.82, 2.24) is 14.7 Å². The molecular weight excluding hydrogens is 312 g/mol. The first kappa shape index (κ1) is 17.7. The lowest BCUT2D eigenvalue weighted by atomic mass is 9.77. The van der Waals surface area contributed by atoms with Crippen molar-refractivity contribution in [3.63, 3.8) is 0 Å². The van der Waals surface area contributed by atoms with Gasteiger partial charge in [0, 0.05) is 37.5 Å². The minimum atomic E-state index is 0.112. The molecule has 5 nitrogen and oxygen atoms in total. The van der Waals surface area contributed by atoms with Gasteiger partial charge in [0.05, 0.1) is 17.3 Å². The summed E-state index contributed by atoms with van der Waals surface area (Å²) in [6, 6.07) is 9.77. The van der Waals surface area contributed by atoms with E-state index in [1.54, 1.807) is 0 Å². The van der Waals surface area contributed by atoms with Crippen LogP contribution in [-0.2, 0) is 13.6 Å². The van der Waals surface area contributed by atoms with Crippen molar-refractivity contribution >= 4 is 0 Å². The molecular formula is C20H26N4O. The molecule has 0 amide bonds. The third-order valence-corrected chi connectivity index (χ3v) is 5.59. The molecule has 1 saturated heterocycles. The Morgan fingerprint density at radius 1 is 1.24 bits per heavy atom. The monoisotopic (exact) mass is 338 g/mol. The fourth-order valence-corrected chi connectivity index (χ4v) is 3.65. The number of aliphatic hydroxyl groups is 1. The summed E-state index contributed by atoms with van der Waals surface area (Å²) in [5, 5.41) is 23.3. The number of aromatic nitrogens is 2. The van der Waals surface area contributed by atoms with Crippen molar-refractivity contribution in [1.29, 1.82) is 5.26 Å². The standard InChI is InChI=1S/C20H26N4O/c1-3-20(15-25)8-10-24(11-9-20)14-18-13-23(2)22-19(18)17-6-4-16(12-21)5-7-17/h4-7,13,25H,3,8-11,14-15H2,1-2H3. The van der Waals surface area contributed by atoms with Crippen LogP contribution in [0.25, 0.3) is 11.3 Å². The highest BCUT2D eigenvalue weighted by molar-refractivity contribution is 5.63. The summed E-state index contributed by atoms with van der Waals surface area (Å²) in [7, 11) is 1.95. The average Bonchev–Trinajstić information content (AvgIpc) is 3.03. The summed E-state index contributed by atoms with van der Waals surface area (Å²) >= 11 is 0. The van der Waals surface area contributed by atoms with E-state index in [1.807, 2.05) is 36.0 Å². The van der Waals surface area contributed by atoms with Crippen molar-refractivity contribution in [2.45, 2.75) is 32.7 Å². The normalized spacial score (nSPS) is 17.4. The Bertz CT molecular complexity index is 743. The van der Waals surface area contributed by atoms with Gasteiger partial charge >= 0.3 is 0 Å². The third-order valence-electron chi connectivity index (χ3n) is 5.59. The summed E-state index contributed by atoms with van der Waals surface area (Å²) in [6.07, 6.45) is 5.22. The van der Waals surface area contributed by atoms with E-state index in [1.165, 1.54) is 5.56 Å². The molecule has 0 atom stereocenters. The molecule has 0 bridgehead atoms. The predicted octanol–water partition coefficient (Wildman–Crippen LogP) is 2.94. The number of likely N-dealkylation sites (tertiary alicyclic amines) is 1. The van der Waals surface area contributed by atoms with Gasteiger partial charge < -0.3 is 5.11 Å².